The van der Waals surface area contributed by atoms with Gasteiger partial charge in [-0.2, -0.15) is 0 Å². The zero-order chi connectivity index (χ0) is 11.4. The van der Waals surface area contributed by atoms with E-state index >= 15 is 0 Å². The molecule has 0 bridgehead atoms. The number of anilines is 1. The van der Waals surface area contributed by atoms with Crippen molar-refractivity contribution in [3.05, 3.63) is 24.4 Å². The quantitative estimate of drug-likeness (QED) is 0.846. The van der Waals surface area contributed by atoms with E-state index in [1.807, 2.05) is 24.4 Å². The minimum atomic E-state index is 0.399. The molecule has 0 saturated carbocycles. The summed E-state index contributed by atoms with van der Waals surface area (Å²) in [6.45, 7) is 6.31. The molecule has 1 aliphatic heterocycles. The Bertz CT molecular complexity index is 313. The van der Waals surface area contributed by atoms with Gasteiger partial charge in [-0.3, -0.25) is 0 Å². The number of hydrogen-bond donors (Lipinski definition) is 1. The fourth-order valence-corrected chi connectivity index (χ4v) is 2.31. The van der Waals surface area contributed by atoms with E-state index in [-0.39, 0.29) is 0 Å². The smallest absolute Gasteiger partial charge is 0.125 e. The van der Waals surface area contributed by atoms with Gasteiger partial charge in [0.15, 0.2) is 0 Å². The average molecular weight is 220 g/mol. The molecule has 1 aromatic heterocycles. The van der Waals surface area contributed by atoms with Crippen LogP contribution in [0.2, 0.25) is 0 Å². The Morgan fingerprint density at radius 1 is 1.50 bits per heavy atom. The predicted octanol–water partition coefficient (Wildman–Crippen LogP) is 2.55. The summed E-state index contributed by atoms with van der Waals surface area (Å²) in [5.41, 5.74) is 0. The number of aromatic nitrogens is 1. The van der Waals surface area contributed by atoms with Crippen molar-refractivity contribution in [2.24, 2.45) is 11.8 Å². The zero-order valence-electron chi connectivity index (χ0n) is 10.0. The summed E-state index contributed by atoms with van der Waals surface area (Å²) in [5.74, 6) is 2.16. The molecular formula is C13H20N2O. The molecule has 1 N–H and O–H groups in total. The van der Waals surface area contributed by atoms with Crippen molar-refractivity contribution in [3.63, 3.8) is 0 Å². The average Bonchev–Trinajstić information content (AvgIpc) is 2.76. The van der Waals surface area contributed by atoms with E-state index in [0.29, 0.717) is 17.9 Å². The fraction of sp³-hybridized carbons (Fsp3) is 0.615. The molecular weight excluding hydrogens is 200 g/mol. The standard InChI is InChI=1S/C13H20N2O/c1-10(2)13-11(6-8-16-13)9-15-12-5-3-4-7-14-12/h3-5,7,10-11,13H,6,8-9H2,1-2H3,(H,14,15)/t11-,13+/m1/s1. The Morgan fingerprint density at radius 2 is 2.38 bits per heavy atom. The lowest BCUT2D eigenvalue weighted by atomic mass is 9.93. The number of nitrogens with one attached hydrogen (secondary N) is 1. The Balaban J connectivity index is 1.86. The molecule has 2 heterocycles. The third-order valence-electron chi connectivity index (χ3n) is 3.13. The van der Waals surface area contributed by atoms with E-state index in [4.69, 9.17) is 4.74 Å². The van der Waals surface area contributed by atoms with Gasteiger partial charge in [-0.15, -0.1) is 0 Å². The predicted molar refractivity (Wildman–Crippen MR) is 65.4 cm³/mol. The molecule has 0 aliphatic carbocycles. The second-order valence-electron chi connectivity index (χ2n) is 4.72. The van der Waals surface area contributed by atoms with Gasteiger partial charge >= 0.3 is 0 Å². The first-order valence-corrected chi connectivity index (χ1v) is 6.04. The van der Waals surface area contributed by atoms with Crippen LogP contribution in [0.15, 0.2) is 24.4 Å². The normalized spacial score (nSPS) is 24.9. The van der Waals surface area contributed by atoms with Crippen molar-refractivity contribution >= 4 is 5.82 Å². The summed E-state index contributed by atoms with van der Waals surface area (Å²) in [7, 11) is 0. The van der Waals surface area contributed by atoms with Gasteiger partial charge < -0.3 is 10.1 Å². The van der Waals surface area contributed by atoms with Crippen LogP contribution >= 0.6 is 0 Å². The van der Waals surface area contributed by atoms with Crippen LogP contribution in [0.1, 0.15) is 20.3 Å². The van der Waals surface area contributed by atoms with Gasteiger partial charge in [0.05, 0.1) is 6.10 Å². The highest BCUT2D eigenvalue weighted by Gasteiger charge is 2.30. The number of pyridine rings is 1. The van der Waals surface area contributed by atoms with Gasteiger partial charge in [-0.1, -0.05) is 19.9 Å². The maximum absolute atomic E-state index is 5.76. The van der Waals surface area contributed by atoms with Crippen LogP contribution in [0.4, 0.5) is 5.82 Å². The Labute approximate surface area is 97.2 Å². The molecule has 0 spiro atoms. The van der Waals surface area contributed by atoms with Crippen LogP contribution in [0, 0.1) is 11.8 Å². The summed E-state index contributed by atoms with van der Waals surface area (Å²) >= 11 is 0. The largest absolute Gasteiger partial charge is 0.378 e. The van der Waals surface area contributed by atoms with Crippen molar-refractivity contribution in [1.82, 2.24) is 4.98 Å². The van der Waals surface area contributed by atoms with E-state index in [0.717, 1.165) is 25.4 Å². The molecule has 88 valence electrons. The van der Waals surface area contributed by atoms with E-state index in [1.165, 1.54) is 0 Å². The lowest BCUT2D eigenvalue weighted by molar-refractivity contribution is 0.0566. The van der Waals surface area contributed by atoms with E-state index in [1.54, 1.807) is 0 Å². The van der Waals surface area contributed by atoms with E-state index in [9.17, 15) is 0 Å². The monoisotopic (exact) mass is 220 g/mol. The molecule has 2 atom stereocenters. The third-order valence-corrected chi connectivity index (χ3v) is 3.13. The second kappa shape index (κ2) is 5.30. The fourth-order valence-electron chi connectivity index (χ4n) is 2.31. The molecule has 3 heteroatoms. The van der Waals surface area contributed by atoms with E-state index in [2.05, 4.69) is 24.1 Å². The first kappa shape index (κ1) is 11.4. The number of nitrogens with zero attached hydrogens (tertiary/aromatic N) is 1. The minimum absolute atomic E-state index is 0.399. The van der Waals surface area contributed by atoms with Crippen LogP contribution < -0.4 is 5.32 Å². The van der Waals surface area contributed by atoms with Crippen molar-refractivity contribution in [2.45, 2.75) is 26.4 Å². The molecule has 0 aromatic carbocycles. The first-order chi connectivity index (χ1) is 7.77. The maximum Gasteiger partial charge on any atom is 0.125 e. The molecule has 1 saturated heterocycles. The first-order valence-electron chi connectivity index (χ1n) is 6.04. The maximum atomic E-state index is 5.76. The number of rotatable bonds is 4. The van der Waals surface area contributed by atoms with Gasteiger partial charge in [0, 0.05) is 25.3 Å². The van der Waals surface area contributed by atoms with Crippen LogP contribution in [-0.2, 0) is 4.74 Å². The number of ether oxygens (including phenoxy) is 1. The minimum Gasteiger partial charge on any atom is -0.378 e. The Hall–Kier alpha value is -1.09. The van der Waals surface area contributed by atoms with Crippen LogP contribution in [0.3, 0.4) is 0 Å². The molecule has 0 amide bonds. The zero-order valence-corrected chi connectivity index (χ0v) is 10.0. The molecule has 2 rings (SSSR count). The molecule has 16 heavy (non-hydrogen) atoms. The van der Waals surface area contributed by atoms with Gasteiger partial charge in [0.1, 0.15) is 5.82 Å². The van der Waals surface area contributed by atoms with Crippen molar-refractivity contribution in [1.29, 1.82) is 0 Å². The van der Waals surface area contributed by atoms with Gasteiger partial charge in [0.2, 0.25) is 0 Å². The molecule has 1 fully saturated rings. The van der Waals surface area contributed by atoms with Gasteiger partial charge in [0.25, 0.3) is 0 Å². The van der Waals surface area contributed by atoms with Gasteiger partial charge in [-0.25, -0.2) is 4.98 Å². The van der Waals surface area contributed by atoms with Crippen molar-refractivity contribution in [3.8, 4) is 0 Å². The van der Waals surface area contributed by atoms with Crippen molar-refractivity contribution < 1.29 is 4.74 Å². The lowest BCUT2D eigenvalue weighted by Crippen LogP contribution is -2.28. The van der Waals surface area contributed by atoms with Crippen LogP contribution in [0.5, 0.6) is 0 Å². The van der Waals surface area contributed by atoms with Gasteiger partial charge in [-0.05, 0) is 24.5 Å². The number of hydrogen-bond acceptors (Lipinski definition) is 3. The summed E-state index contributed by atoms with van der Waals surface area (Å²) in [6, 6.07) is 5.93. The summed E-state index contributed by atoms with van der Waals surface area (Å²) in [4.78, 5) is 4.26. The Morgan fingerprint density at radius 3 is 3.06 bits per heavy atom. The molecule has 1 aromatic rings. The summed E-state index contributed by atoms with van der Waals surface area (Å²) < 4.78 is 5.76. The summed E-state index contributed by atoms with van der Waals surface area (Å²) in [6.07, 6.45) is 3.37. The highest BCUT2D eigenvalue weighted by Crippen LogP contribution is 2.26. The highest BCUT2D eigenvalue weighted by atomic mass is 16.5. The SMILES string of the molecule is CC(C)[C@@H]1OCC[C@@H]1CNc1ccccn1. The molecule has 3 nitrogen and oxygen atoms in total. The second-order valence-corrected chi connectivity index (χ2v) is 4.72. The molecule has 0 radical (unpaired) electrons. The highest BCUT2D eigenvalue weighted by molar-refractivity contribution is 5.33. The topological polar surface area (TPSA) is 34.1 Å². The lowest BCUT2D eigenvalue weighted by Gasteiger charge is -2.22. The molecule has 0 unspecified atom stereocenters. The Kier molecular flexibility index (Phi) is 3.78. The van der Waals surface area contributed by atoms with Crippen LogP contribution in [-0.4, -0.2) is 24.2 Å². The molecule has 1 aliphatic rings. The third kappa shape index (κ3) is 2.73. The van der Waals surface area contributed by atoms with Crippen molar-refractivity contribution in [2.75, 3.05) is 18.5 Å². The van der Waals surface area contributed by atoms with Crippen LogP contribution in [0.25, 0.3) is 0 Å². The van der Waals surface area contributed by atoms with E-state index < -0.39 is 0 Å². The summed E-state index contributed by atoms with van der Waals surface area (Å²) in [5, 5.41) is 3.38.